The summed E-state index contributed by atoms with van der Waals surface area (Å²) < 4.78 is 1.79. The largest absolute Gasteiger partial charge is 0.478 e. The molecule has 1 saturated heterocycles. The number of hydrogen-bond donors (Lipinski definition) is 1. The van der Waals surface area contributed by atoms with Gasteiger partial charge >= 0.3 is 5.97 Å². The average Bonchev–Trinajstić information content (AvgIpc) is 3.05. The molecule has 1 aromatic heterocycles. The number of piperidine rings is 1. The number of benzene rings is 1. The number of carbonyl (C=O) groups is 2. The van der Waals surface area contributed by atoms with E-state index in [9.17, 15) is 9.59 Å². The first-order chi connectivity index (χ1) is 12.0. The molecule has 3 rings (SSSR count). The molecule has 1 aliphatic heterocycles. The maximum atomic E-state index is 12.5. The predicted octanol–water partition coefficient (Wildman–Crippen LogP) is 2.01. The van der Waals surface area contributed by atoms with Crippen molar-refractivity contribution >= 4 is 23.6 Å². The number of likely N-dealkylation sites (tertiary alicyclic amines) is 1. The molecule has 0 saturated carbocycles. The summed E-state index contributed by atoms with van der Waals surface area (Å²) >= 11 is 1.38. The van der Waals surface area contributed by atoms with Gasteiger partial charge in [-0.3, -0.25) is 4.79 Å². The van der Waals surface area contributed by atoms with Crippen molar-refractivity contribution in [2.45, 2.75) is 23.9 Å². The third-order valence-corrected chi connectivity index (χ3v) is 5.39. The normalized spacial score (nSPS) is 17.5. The molecule has 0 radical (unpaired) electrons. The van der Waals surface area contributed by atoms with Gasteiger partial charge in [0.2, 0.25) is 5.91 Å². The van der Waals surface area contributed by atoms with Gasteiger partial charge in [-0.1, -0.05) is 23.9 Å². The van der Waals surface area contributed by atoms with Crippen LogP contribution >= 0.6 is 11.8 Å². The summed E-state index contributed by atoms with van der Waals surface area (Å²) in [5.41, 5.74) is 1.28. The Morgan fingerprint density at radius 3 is 2.96 bits per heavy atom. The van der Waals surface area contributed by atoms with Crippen LogP contribution in [-0.2, 0) is 11.8 Å². The van der Waals surface area contributed by atoms with Crippen LogP contribution in [0.1, 0.15) is 34.7 Å². The Balaban J connectivity index is 1.62. The number of thioether (sulfide) groups is 1. The Bertz CT molecular complexity index is 777. The molecule has 132 valence electrons. The van der Waals surface area contributed by atoms with Gasteiger partial charge in [-0.2, -0.15) is 0 Å². The molecule has 1 aromatic carbocycles. The molecule has 0 aliphatic carbocycles. The summed E-state index contributed by atoms with van der Waals surface area (Å²) in [7, 11) is 1.85. The molecule has 2 aromatic rings. The van der Waals surface area contributed by atoms with E-state index < -0.39 is 5.97 Å². The van der Waals surface area contributed by atoms with E-state index in [1.807, 2.05) is 18.0 Å². The number of hydrogen-bond acceptors (Lipinski definition) is 5. The van der Waals surface area contributed by atoms with Gasteiger partial charge < -0.3 is 14.6 Å². The number of nitrogens with zero attached hydrogens (tertiary/aromatic N) is 4. The summed E-state index contributed by atoms with van der Waals surface area (Å²) in [6.07, 6.45) is 3.49. The van der Waals surface area contributed by atoms with Gasteiger partial charge in [0.05, 0.1) is 11.3 Å². The van der Waals surface area contributed by atoms with E-state index in [2.05, 4.69) is 10.2 Å². The van der Waals surface area contributed by atoms with Gasteiger partial charge in [0, 0.05) is 26.1 Å². The zero-order chi connectivity index (χ0) is 17.8. The number of rotatable bonds is 5. The number of carboxylic acid groups (broad SMARTS) is 1. The highest BCUT2D eigenvalue weighted by Gasteiger charge is 2.25. The molecule has 0 bridgehead atoms. The van der Waals surface area contributed by atoms with Crippen molar-refractivity contribution in [3.8, 4) is 0 Å². The SMILES string of the molecule is Cn1cnnc1SCC(=O)N1CCC[C@@H](c2cccc(C(=O)O)c2)C1. The van der Waals surface area contributed by atoms with E-state index in [1.54, 1.807) is 29.1 Å². The second-order valence-electron chi connectivity index (χ2n) is 6.12. The van der Waals surface area contributed by atoms with Gasteiger partial charge in [-0.15, -0.1) is 10.2 Å². The van der Waals surface area contributed by atoms with Crippen LogP contribution in [0, 0.1) is 0 Å². The monoisotopic (exact) mass is 360 g/mol. The Morgan fingerprint density at radius 1 is 1.40 bits per heavy atom. The van der Waals surface area contributed by atoms with Gasteiger partial charge in [-0.25, -0.2) is 4.79 Å². The zero-order valence-corrected chi connectivity index (χ0v) is 14.8. The second kappa shape index (κ2) is 7.69. The summed E-state index contributed by atoms with van der Waals surface area (Å²) in [4.78, 5) is 25.5. The van der Waals surface area contributed by atoms with Crippen molar-refractivity contribution in [1.82, 2.24) is 19.7 Å². The molecule has 0 unspecified atom stereocenters. The van der Waals surface area contributed by atoms with Crippen LogP contribution in [0.2, 0.25) is 0 Å². The minimum Gasteiger partial charge on any atom is -0.478 e. The van der Waals surface area contributed by atoms with Crippen LogP contribution in [-0.4, -0.2) is 55.5 Å². The Kier molecular flexibility index (Phi) is 5.37. The molecule has 2 heterocycles. The lowest BCUT2D eigenvalue weighted by Crippen LogP contribution is -2.40. The molecule has 1 N–H and O–H groups in total. The van der Waals surface area contributed by atoms with Crippen LogP contribution in [0.4, 0.5) is 0 Å². The Morgan fingerprint density at radius 2 is 2.24 bits per heavy atom. The fourth-order valence-electron chi connectivity index (χ4n) is 3.02. The predicted molar refractivity (Wildman–Crippen MR) is 93.7 cm³/mol. The molecule has 1 amide bonds. The second-order valence-corrected chi connectivity index (χ2v) is 7.07. The van der Waals surface area contributed by atoms with E-state index in [-0.39, 0.29) is 11.8 Å². The molecular weight excluding hydrogens is 340 g/mol. The standard InChI is InChI=1S/C17H20N4O3S/c1-20-11-18-19-17(20)25-10-15(22)21-7-3-6-14(9-21)12-4-2-5-13(8-12)16(23)24/h2,4-5,8,11,14H,3,6-7,9-10H2,1H3,(H,23,24)/t14-/m1/s1. The fraction of sp³-hybridized carbons (Fsp3) is 0.412. The summed E-state index contributed by atoms with van der Waals surface area (Å²) in [5.74, 6) is -0.344. The molecule has 0 spiro atoms. The summed E-state index contributed by atoms with van der Waals surface area (Å²) in [5, 5.41) is 17.6. The number of aryl methyl sites for hydroxylation is 1. The number of carbonyl (C=O) groups excluding carboxylic acids is 1. The number of amides is 1. The Labute approximate surface area is 150 Å². The van der Waals surface area contributed by atoms with Crippen molar-refractivity contribution in [3.05, 3.63) is 41.7 Å². The first-order valence-corrected chi connectivity index (χ1v) is 9.11. The molecule has 25 heavy (non-hydrogen) atoms. The first-order valence-electron chi connectivity index (χ1n) is 8.12. The minimum atomic E-state index is -0.925. The molecule has 1 aliphatic rings. The zero-order valence-electron chi connectivity index (χ0n) is 14.0. The fourth-order valence-corrected chi connectivity index (χ4v) is 3.81. The van der Waals surface area contributed by atoms with Gasteiger partial charge in [0.1, 0.15) is 6.33 Å². The maximum absolute atomic E-state index is 12.5. The minimum absolute atomic E-state index is 0.0760. The molecule has 7 nitrogen and oxygen atoms in total. The average molecular weight is 360 g/mol. The van der Waals surface area contributed by atoms with Gasteiger partial charge in [0.25, 0.3) is 0 Å². The van der Waals surface area contributed by atoms with Crippen molar-refractivity contribution < 1.29 is 14.7 Å². The maximum Gasteiger partial charge on any atom is 0.335 e. The van der Waals surface area contributed by atoms with E-state index in [0.29, 0.717) is 17.9 Å². The van der Waals surface area contributed by atoms with Gasteiger partial charge in [-0.05, 0) is 30.5 Å². The Hall–Kier alpha value is -2.35. The molecule has 8 heteroatoms. The molecular formula is C17H20N4O3S. The summed E-state index contributed by atoms with van der Waals surface area (Å²) in [6.45, 7) is 1.37. The van der Waals surface area contributed by atoms with Gasteiger partial charge in [0.15, 0.2) is 5.16 Å². The molecule has 1 atom stereocenters. The van der Waals surface area contributed by atoms with Crippen LogP contribution < -0.4 is 0 Å². The smallest absolute Gasteiger partial charge is 0.335 e. The van der Waals surface area contributed by atoms with Crippen molar-refractivity contribution in [3.63, 3.8) is 0 Å². The summed E-state index contributed by atoms with van der Waals surface area (Å²) in [6, 6.07) is 7.02. The van der Waals surface area contributed by atoms with Crippen LogP contribution in [0.3, 0.4) is 0 Å². The lowest BCUT2D eigenvalue weighted by atomic mass is 9.89. The lowest BCUT2D eigenvalue weighted by Gasteiger charge is -2.33. The van der Waals surface area contributed by atoms with Crippen LogP contribution in [0.25, 0.3) is 0 Å². The third kappa shape index (κ3) is 4.19. The van der Waals surface area contributed by atoms with Crippen molar-refractivity contribution in [1.29, 1.82) is 0 Å². The van der Waals surface area contributed by atoms with Crippen LogP contribution in [0.5, 0.6) is 0 Å². The third-order valence-electron chi connectivity index (χ3n) is 4.37. The van der Waals surface area contributed by atoms with E-state index in [1.165, 1.54) is 11.8 Å². The molecule has 1 fully saturated rings. The van der Waals surface area contributed by atoms with E-state index in [4.69, 9.17) is 5.11 Å². The highest BCUT2D eigenvalue weighted by Crippen LogP contribution is 2.28. The highest BCUT2D eigenvalue weighted by molar-refractivity contribution is 7.99. The van der Waals surface area contributed by atoms with Crippen molar-refractivity contribution in [2.75, 3.05) is 18.8 Å². The number of carboxylic acids is 1. The quantitative estimate of drug-likeness (QED) is 0.821. The van der Waals surface area contributed by atoms with Crippen molar-refractivity contribution in [2.24, 2.45) is 7.05 Å². The number of aromatic nitrogens is 3. The van der Waals surface area contributed by atoms with E-state index >= 15 is 0 Å². The highest BCUT2D eigenvalue weighted by atomic mass is 32.2. The lowest BCUT2D eigenvalue weighted by molar-refractivity contribution is -0.129. The first kappa shape index (κ1) is 17.5. The van der Waals surface area contributed by atoms with Crippen LogP contribution in [0.15, 0.2) is 35.7 Å². The topological polar surface area (TPSA) is 88.3 Å². The van der Waals surface area contributed by atoms with E-state index in [0.717, 1.165) is 30.1 Å². The number of aromatic carboxylic acids is 1.